The van der Waals surface area contributed by atoms with Crippen LogP contribution in [-0.2, 0) is 4.74 Å². The topological polar surface area (TPSA) is 77.4 Å². The molecule has 1 fully saturated rings. The molecule has 2 N–H and O–H groups in total. The van der Waals surface area contributed by atoms with E-state index in [0.29, 0.717) is 36.4 Å². The number of piperidine rings is 1. The second-order valence-corrected chi connectivity index (χ2v) is 6.33. The molecule has 7 nitrogen and oxygen atoms in total. The van der Waals surface area contributed by atoms with Gasteiger partial charge < -0.3 is 20.1 Å². The molecular weight excluding hydrogens is 332 g/mol. The number of hydrogen-bond acceptors (Lipinski definition) is 5. The highest BCUT2D eigenvalue weighted by atomic mass is 16.5. The van der Waals surface area contributed by atoms with Crippen LogP contribution >= 0.6 is 0 Å². The number of carbonyl (C=O) groups excluding carboxylic acids is 1. The van der Waals surface area contributed by atoms with Crippen molar-refractivity contribution in [3.8, 4) is 5.75 Å². The van der Waals surface area contributed by atoms with Crippen molar-refractivity contribution in [1.82, 2.24) is 15.1 Å². The molecule has 2 heterocycles. The minimum absolute atomic E-state index is 0.236. The number of hydrogen-bond donors (Lipinski definition) is 2. The summed E-state index contributed by atoms with van der Waals surface area (Å²) in [5.41, 5.74) is 1.05. The average Bonchev–Trinajstić information content (AvgIpc) is 3.17. The van der Waals surface area contributed by atoms with Crippen molar-refractivity contribution in [2.24, 2.45) is 0 Å². The van der Waals surface area contributed by atoms with Crippen LogP contribution in [0.15, 0.2) is 36.5 Å². The van der Waals surface area contributed by atoms with E-state index in [1.165, 1.54) is 0 Å². The van der Waals surface area contributed by atoms with Gasteiger partial charge in [-0.3, -0.25) is 9.48 Å². The molecule has 1 aromatic heterocycles. The molecule has 140 valence electrons. The summed E-state index contributed by atoms with van der Waals surface area (Å²) in [4.78, 5) is 12.6. The predicted molar refractivity (Wildman–Crippen MR) is 99.8 cm³/mol. The SMILES string of the molecule is COCCCOc1ccccc1NC(=O)c1ccn(C2CCCNC2)n1. The second kappa shape index (κ2) is 9.35. The fourth-order valence-corrected chi connectivity index (χ4v) is 2.99. The van der Waals surface area contributed by atoms with E-state index in [-0.39, 0.29) is 5.91 Å². The molecule has 1 atom stereocenters. The Morgan fingerprint density at radius 1 is 1.35 bits per heavy atom. The smallest absolute Gasteiger partial charge is 0.276 e. The van der Waals surface area contributed by atoms with Gasteiger partial charge >= 0.3 is 0 Å². The van der Waals surface area contributed by atoms with Gasteiger partial charge in [0.25, 0.3) is 5.91 Å². The second-order valence-electron chi connectivity index (χ2n) is 6.33. The van der Waals surface area contributed by atoms with Crippen LogP contribution in [0.5, 0.6) is 5.75 Å². The zero-order chi connectivity index (χ0) is 18.2. The zero-order valence-electron chi connectivity index (χ0n) is 15.1. The Balaban J connectivity index is 1.62. The molecule has 2 aromatic rings. The first-order chi connectivity index (χ1) is 12.8. The number of carbonyl (C=O) groups is 1. The molecular formula is C19H26N4O3. The average molecular weight is 358 g/mol. The van der Waals surface area contributed by atoms with E-state index in [1.807, 2.05) is 35.1 Å². The van der Waals surface area contributed by atoms with Gasteiger partial charge in [0.05, 0.1) is 18.3 Å². The third kappa shape index (κ3) is 4.83. The minimum atomic E-state index is -0.236. The predicted octanol–water partition coefficient (Wildman–Crippen LogP) is 2.48. The van der Waals surface area contributed by atoms with E-state index in [2.05, 4.69) is 15.7 Å². The Hall–Kier alpha value is -2.38. The summed E-state index contributed by atoms with van der Waals surface area (Å²) in [6.07, 6.45) is 4.87. The molecule has 0 saturated carbocycles. The number of ether oxygens (including phenoxy) is 2. The van der Waals surface area contributed by atoms with Crippen molar-refractivity contribution in [2.75, 3.05) is 38.7 Å². The van der Waals surface area contributed by atoms with Crippen molar-refractivity contribution >= 4 is 11.6 Å². The van der Waals surface area contributed by atoms with Gasteiger partial charge in [-0.05, 0) is 37.6 Å². The molecule has 1 amide bonds. The molecule has 3 rings (SSSR count). The minimum Gasteiger partial charge on any atom is -0.491 e. The van der Waals surface area contributed by atoms with Crippen molar-refractivity contribution in [3.63, 3.8) is 0 Å². The van der Waals surface area contributed by atoms with Crippen LogP contribution in [0, 0.1) is 0 Å². The van der Waals surface area contributed by atoms with E-state index in [9.17, 15) is 4.79 Å². The summed E-state index contributed by atoms with van der Waals surface area (Å²) < 4.78 is 12.7. The van der Waals surface area contributed by atoms with Gasteiger partial charge in [-0.2, -0.15) is 5.10 Å². The largest absolute Gasteiger partial charge is 0.491 e. The van der Waals surface area contributed by atoms with Gasteiger partial charge in [-0.25, -0.2) is 0 Å². The Labute approximate surface area is 153 Å². The lowest BCUT2D eigenvalue weighted by Crippen LogP contribution is -2.32. The fourth-order valence-electron chi connectivity index (χ4n) is 2.99. The molecule has 7 heteroatoms. The van der Waals surface area contributed by atoms with Crippen LogP contribution in [0.2, 0.25) is 0 Å². The summed E-state index contributed by atoms with van der Waals surface area (Å²) in [7, 11) is 1.66. The van der Waals surface area contributed by atoms with Gasteiger partial charge in [0, 0.05) is 32.9 Å². The first-order valence-corrected chi connectivity index (χ1v) is 9.06. The van der Waals surface area contributed by atoms with E-state index < -0.39 is 0 Å². The first-order valence-electron chi connectivity index (χ1n) is 9.06. The summed E-state index contributed by atoms with van der Waals surface area (Å²) in [5, 5.41) is 10.7. The van der Waals surface area contributed by atoms with Gasteiger partial charge in [0.1, 0.15) is 5.75 Å². The summed E-state index contributed by atoms with van der Waals surface area (Å²) in [6.45, 7) is 3.11. The van der Waals surface area contributed by atoms with E-state index in [1.54, 1.807) is 13.2 Å². The molecule has 1 aromatic carbocycles. The number of nitrogens with one attached hydrogen (secondary N) is 2. The van der Waals surface area contributed by atoms with Gasteiger partial charge in [-0.15, -0.1) is 0 Å². The number of aromatic nitrogens is 2. The molecule has 1 aliphatic rings. The lowest BCUT2D eigenvalue weighted by molar-refractivity contribution is 0.102. The van der Waals surface area contributed by atoms with Gasteiger partial charge in [0.2, 0.25) is 0 Å². The van der Waals surface area contributed by atoms with E-state index in [4.69, 9.17) is 9.47 Å². The zero-order valence-corrected chi connectivity index (χ0v) is 15.1. The Morgan fingerprint density at radius 2 is 2.23 bits per heavy atom. The first kappa shape index (κ1) is 18.4. The highest BCUT2D eigenvalue weighted by molar-refractivity contribution is 6.03. The molecule has 0 aliphatic carbocycles. The summed E-state index contributed by atoms with van der Waals surface area (Å²) in [6, 6.07) is 9.48. The van der Waals surface area contributed by atoms with Crippen LogP contribution < -0.4 is 15.4 Å². The Kier molecular flexibility index (Phi) is 6.62. The Morgan fingerprint density at radius 3 is 3.04 bits per heavy atom. The number of anilines is 1. The molecule has 1 unspecified atom stereocenters. The van der Waals surface area contributed by atoms with E-state index >= 15 is 0 Å². The monoisotopic (exact) mass is 358 g/mol. The maximum absolute atomic E-state index is 12.6. The normalized spacial score (nSPS) is 17.0. The highest BCUT2D eigenvalue weighted by Gasteiger charge is 2.18. The number of nitrogens with zero attached hydrogens (tertiary/aromatic N) is 2. The molecule has 0 bridgehead atoms. The third-order valence-corrected chi connectivity index (χ3v) is 4.37. The van der Waals surface area contributed by atoms with Crippen LogP contribution in [0.3, 0.4) is 0 Å². The fraction of sp³-hybridized carbons (Fsp3) is 0.474. The quantitative estimate of drug-likeness (QED) is 0.709. The van der Waals surface area contributed by atoms with Crippen LogP contribution in [0.25, 0.3) is 0 Å². The Bertz CT molecular complexity index is 710. The number of rotatable bonds is 8. The number of amides is 1. The summed E-state index contributed by atoms with van der Waals surface area (Å²) in [5.74, 6) is 0.410. The van der Waals surface area contributed by atoms with Gasteiger partial charge in [0.15, 0.2) is 5.69 Å². The third-order valence-electron chi connectivity index (χ3n) is 4.37. The molecule has 1 aliphatic heterocycles. The standard InChI is InChI=1S/C19H26N4O3/c1-25-12-5-13-26-18-8-3-2-7-16(18)21-19(24)17-9-11-23(22-17)15-6-4-10-20-14-15/h2-3,7-9,11,15,20H,4-6,10,12-14H2,1H3,(H,21,24). The van der Waals surface area contributed by atoms with E-state index in [0.717, 1.165) is 32.4 Å². The maximum Gasteiger partial charge on any atom is 0.276 e. The molecule has 26 heavy (non-hydrogen) atoms. The van der Waals surface area contributed by atoms with Crippen molar-refractivity contribution in [1.29, 1.82) is 0 Å². The number of benzene rings is 1. The molecule has 0 radical (unpaired) electrons. The number of methoxy groups -OCH3 is 1. The lowest BCUT2D eigenvalue weighted by Gasteiger charge is -2.22. The van der Waals surface area contributed by atoms with Crippen LogP contribution in [0.4, 0.5) is 5.69 Å². The van der Waals surface area contributed by atoms with Crippen molar-refractivity contribution in [2.45, 2.75) is 25.3 Å². The van der Waals surface area contributed by atoms with Crippen molar-refractivity contribution in [3.05, 3.63) is 42.2 Å². The van der Waals surface area contributed by atoms with Crippen molar-refractivity contribution < 1.29 is 14.3 Å². The lowest BCUT2D eigenvalue weighted by atomic mass is 10.1. The highest BCUT2D eigenvalue weighted by Crippen LogP contribution is 2.24. The number of para-hydroxylation sites is 2. The van der Waals surface area contributed by atoms with Crippen LogP contribution in [-0.4, -0.2) is 49.1 Å². The maximum atomic E-state index is 12.6. The molecule has 1 saturated heterocycles. The summed E-state index contributed by atoms with van der Waals surface area (Å²) >= 11 is 0. The molecule has 0 spiro atoms. The van der Waals surface area contributed by atoms with Gasteiger partial charge in [-0.1, -0.05) is 12.1 Å². The van der Waals surface area contributed by atoms with Crippen LogP contribution in [0.1, 0.15) is 35.8 Å².